The zero-order valence-corrected chi connectivity index (χ0v) is 12.4. The third kappa shape index (κ3) is 3.58. The molecule has 2 rings (SSSR count). The molecule has 0 unspecified atom stereocenters. The zero-order chi connectivity index (χ0) is 13.0. The lowest BCUT2D eigenvalue weighted by Gasteiger charge is -2.20. The van der Waals surface area contributed by atoms with Gasteiger partial charge in [0.15, 0.2) is 0 Å². The summed E-state index contributed by atoms with van der Waals surface area (Å²) in [6.45, 7) is 2.71. The second-order valence-electron chi connectivity index (χ2n) is 5.14. The Morgan fingerprint density at radius 2 is 2.06 bits per heavy atom. The number of carbonyl (C=O) groups is 1. The molecule has 0 aliphatic heterocycles. The fourth-order valence-corrected chi connectivity index (χ4v) is 2.76. The summed E-state index contributed by atoms with van der Waals surface area (Å²) >= 11 is 3.48. The summed E-state index contributed by atoms with van der Waals surface area (Å²) in [4.78, 5) is 12.0. The van der Waals surface area contributed by atoms with E-state index in [1.54, 1.807) is 0 Å². The van der Waals surface area contributed by atoms with Crippen LogP contribution in [0.2, 0.25) is 0 Å². The fourth-order valence-electron chi connectivity index (χ4n) is 2.52. The number of carbonyl (C=O) groups excluding carboxylic acids is 1. The van der Waals surface area contributed by atoms with Crippen LogP contribution in [-0.4, -0.2) is 5.91 Å². The number of benzene rings is 1. The van der Waals surface area contributed by atoms with Crippen LogP contribution in [0.1, 0.15) is 43.2 Å². The summed E-state index contributed by atoms with van der Waals surface area (Å²) in [5, 5.41) is 3.06. The van der Waals surface area contributed by atoms with Crippen molar-refractivity contribution in [3.05, 3.63) is 33.8 Å². The first-order valence-electron chi connectivity index (χ1n) is 6.69. The van der Waals surface area contributed by atoms with E-state index in [0.29, 0.717) is 6.54 Å². The van der Waals surface area contributed by atoms with Crippen molar-refractivity contribution in [1.29, 1.82) is 0 Å². The van der Waals surface area contributed by atoms with Crippen LogP contribution in [0, 0.1) is 12.8 Å². The standard InChI is InChI=1S/C15H20BrNO/c1-11-9-12(7-8-14(11)16)10-17-15(18)13-5-3-2-4-6-13/h7-9,13H,2-6,10H2,1H3,(H,17,18). The van der Waals surface area contributed by atoms with Crippen molar-refractivity contribution in [2.45, 2.75) is 45.6 Å². The van der Waals surface area contributed by atoms with E-state index in [-0.39, 0.29) is 11.8 Å². The molecule has 1 amide bonds. The summed E-state index contributed by atoms with van der Waals surface area (Å²) in [7, 11) is 0. The Hall–Kier alpha value is -0.830. The molecule has 0 radical (unpaired) electrons. The van der Waals surface area contributed by atoms with Crippen LogP contribution in [0.25, 0.3) is 0 Å². The predicted molar refractivity (Wildman–Crippen MR) is 77.3 cm³/mol. The van der Waals surface area contributed by atoms with Gasteiger partial charge in [-0.2, -0.15) is 0 Å². The normalized spacial score (nSPS) is 16.6. The molecule has 0 bridgehead atoms. The molecule has 0 saturated heterocycles. The van der Waals surface area contributed by atoms with E-state index in [1.165, 1.54) is 30.4 Å². The molecule has 1 aliphatic carbocycles. The quantitative estimate of drug-likeness (QED) is 0.900. The third-order valence-electron chi connectivity index (χ3n) is 3.67. The Morgan fingerprint density at radius 1 is 1.33 bits per heavy atom. The largest absolute Gasteiger partial charge is 0.352 e. The predicted octanol–water partition coefficient (Wildman–Crippen LogP) is 3.95. The fraction of sp³-hybridized carbons (Fsp3) is 0.533. The highest BCUT2D eigenvalue weighted by molar-refractivity contribution is 9.10. The Labute approximate surface area is 117 Å². The maximum absolute atomic E-state index is 12.0. The van der Waals surface area contributed by atoms with Gasteiger partial charge in [0.2, 0.25) is 5.91 Å². The molecule has 18 heavy (non-hydrogen) atoms. The van der Waals surface area contributed by atoms with E-state index in [2.05, 4.69) is 40.3 Å². The minimum atomic E-state index is 0.232. The molecule has 2 nitrogen and oxygen atoms in total. The number of nitrogens with one attached hydrogen (secondary N) is 1. The molecule has 3 heteroatoms. The maximum atomic E-state index is 12.0. The van der Waals surface area contributed by atoms with Crippen LogP contribution in [0.15, 0.2) is 22.7 Å². The zero-order valence-electron chi connectivity index (χ0n) is 10.8. The van der Waals surface area contributed by atoms with Crippen LogP contribution in [-0.2, 0) is 11.3 Å². The first-order valence-corrected chi connectivity index (χ1v) is 7.49. The maximum Gasteiger partial charge on any atom is 0.223 e. The van der Waals surface area contributed by atoms with Crippen molar-refractivity contribution in [1.82, 2.24) is 5.32 Å². The van der Waals surface area contributed by atoms with Crippen molar-refractivity contribution < 1.29 is 4.79 Å². The lowest BCUT2D eigenvalue weighted by Crippen LogP contribution is -2.31. The molecule has 0 atom stereocenters. The number of aryl methyl sites for hydroxylation is 1. The second kappa shape index (κ2) is 6.37. The van der Waals surface area contributed by atoms with Gasteiger partial charge in [-0.05, 0) is 37.0 Å². The Morgan fingerprint density at radius 3 is 2.72 bits per heavy atom. The van der Waals surface area contributed by atoms with Gasteiger partial charge in [-0.1, -0.05) is 47.3 Å². The molecule has 1 fully saturated rings. The molecule has 1 saturated carbocycles. The van der Waals surface area contributed by atoms with Crippen LogP contribution in [0.5, 0.6) is 0 Å². The second-order valence-corrected chi connectivity index (χ2v) is 5.99. The average molecular weight is 310 g/mol. The van der Waals surface area contributed by atoms with E-state index in [9.17, 15) is 4.79 Å². The summed E-state index contributed by atoms with van der Waals surface area (Å²) in [5.41, 5.74) is 2.37. The van der Waals surface area contributed by atoms with E-state index in [0.717, 1.165) is 17.3 Å². The first kappa shape index (κ1) is 13.6. The smallest absolute Gasteiger partial charge is 0.223 e. The van der Waals surface area contributed by atoms with Gasteiger partial charge < -0.3 is 5.32 Å². The minimum absolute atomic E-state index is 0.232. The number of hydrogen-bond donors (Lipinski definition) is 1. The molecule has 1 aliphatic rings. The highest BCUT2D eigenvalue weighted by Crippen LogP contribution is 2.23. The van der Waals surface area contributed by atoms with Crippen molar-refractivity contribution in [2.75, 3.05) is 0 Å². The van der Waals surface area contributed by atoms with E-state index < -0.39 is 0 Å². The third-order valence-corrected chi connectivity index (χ3v) is 4.55. The number of rotatable bonds is 3. The van der Waals surface area contributed by atoms with E-state index in [1.807, 2.05) is 6.07 Å². The van der Waals surface area contributed by atoms with Crippen LogP contribution >= 0.6 is 15.9 Å². The lowest BCUT2D eigenvalue weighted by molar-refractivity contribution is -0.126. The summed E-state index contributed by atoms with van der Waals surface area (Å²) < 4.78 is 1.12. The topological polar surface area (TPSA) is 29.1 Å². The SMILES string of the molecule is Cc1cc(CNC(=O)C2CCCCC2)ccc1Br. The molecular formula is C15H20BrNO. The highest BCUT2D eigenvalue weighted by atomic mass is 79.9. The van der Waals surface area contributed by atoms with Gasteiger partial charge in [-0.15, -0.1) is 0 Å². The van der Waals surface area contributed by atoms with Crippen molar-refractivity contribution in [3.63, 3.8) is 0 Å². The van der Waals surface area contributed by atoms with Crippen LogP contribution in [0.3, 0.4) is 0 Å². The Balaban J connectivity index is 1.86. The summed E-state index contributed by atoms with van der Waals surface area (Å²) in [6, 6.07) is 6.21. The molecule has 1 aromatic carbocycles. The van der Waals surface area contributed by atoms with Gasteiger partial charge in [-0.3, -0.25) is 4.79 Å². The van der Waals surface area contributed by atoms with Gasteiger partial charge >= 0.3 is 0 Å². The molecule has 0 heterocycles. The Kier molecular flexibility index (Phi) is 4.81. The molecule has 1 N–H and O–H groups in total. The summed E-state index contributed by atoms with van der Waals surface area (Å²) in [6.07, 6.45) is 5.82. The molecule has 0 spiro atoms. The monoisotopic (exact) mass is 309 g/mol. The first-order chi connectivity index (χ1) is 8.66. The van der Waals surface area contributed by atoms with Gasteiger partial charge in [-0.25, -0.2) is 0 Å². The molecule has 98 valence electrons. The van der Waals surface area contributed by atoms with Gasteiger partial charge in [0.1, 0.15) is 0 Å². The van der Waals surface area contributed by atoms with Crippen LogP contribution < -0.4 is 5.32 Å². The van der Waals surface area contributed by atoms with Crippen LogP contribution in [0.4, 0.5) is 0 Å². The summed E-state index contributed by atoms with van der Waals surface area (Å²) in [5.74, 6) is 0.477. The minimum Gasteiger partial charge on any atom is -0.352 e. The number of hydrogen-bond acceptors (Lipinski definition) is 1. The number of halogens is 1. The van der Waals surface area contributed by atoms with Gasteiger partial charge in [0, 0.05) is 16.9 Å². The highest BCUT2D eigenvalue weighted by Gasteiger charge is 2.20. The van der Waals surface area contributed by atoms with Gasteiger partial charge in [0.25, 0.3) is 0 Å². The van der Waals surface area contributed by atoms with Gasteiger partial charge in [0.05, 0.1) is 0 Å². The van der Waals surface area contributed by atoms with E-state index in [4.69, 9.17) is 0 Å². The van der Waals surface area contributed by atoms with Crippen molar-refractivity contribution >= 4 is 21.8 Å². The number of amides is 1. The Bertz CT molecular complexity index is 425. The molecular weight excluding hydrogens is 290 g/mol. The lowest BCUT2D eigenvalue weighted by atomic mass is 9.88. The van der Waals surface area contributed by atoms with Crippen molar-refractivity contribution in [3.8, 4) is 0 Å². The molecule has 1 aromatic rings. The van der Waals surface area contributed by atoms with E-state index >= 15 is 0 Å². The van der Waals surface area contributed by atoms with Crippen molar-refractivity contribution in [2.24, 2.45) is 5.92 Å². The average Bonchev–Trinajstić information content (AvgIpc) is 2.41. The molecule has 0 aromatic heterocycles.